The van der Waals surface area contributed by atoms with Crippen LogP contribution in [0.1, 0.15) is 45.0 Å². The second-order valence-electron chi connectivity index (χ2n) is 5.99. The highest BCUT2D eigenvalue weighted by Gasteiger charge is 2.19. The van der Waals surface area contributed by atoms with Gasteiger partial charge in [0.1, 0.15) is 0 Å². The number of benzene rings is 2. The predicted octanol–water partition coefficient (Wildman–Crippen LogP) is 5.30. The molecule has 1 unspecified atom stereocenters. The van der Waals surface area contributed by atoms with Crippen molar-refractivity contribution < 1.29 is 0 Å². The fourth-order valence-electron chi connectivity index (χ4n) is 3.22. The van der Waals surface area contributed by atoms with Crippen LogP contribution in [0.4, 0.5) is 0 Å². The molecule has 2 aromatic carbocycles. The topological polar surface area (TPSA) is 12.0 Å². The molecule has 0 radical (unpaired) electrons. The van der Waals surface area contributed by atoms with E-state index in [9.17, 15) is 0 Å². The van der Waals surface area contributed by atoms with Crippen LogP contribution in [0.3, 0.4) is 0 Å². The highest BCUT2D eigenvalue weighted by Crippen LogP contribution is 2.32. The van der Waals surface area contributed by atoms with Crippen molar-refractivity contribution in [3.63, 3.8) is 0 Å². The number of hydrogen-bond acceptors (Lipinski definition) is 1. The van der Waals surface area contributed by atoms with Crippen LogP contribution in [0.25, 0.3) is 0 Å². The molecule has 1 N–H and O–H groups in total. The van der Waals surface area contributed by atoms with Crippen molar-refractivity contribution >= 4 is 15.9 Å². The first-order chi connectivity index (χ1) is 9.85. The van der Waals surface area contributed by atoms with Gasteiger partial charge in [0, 0.05) is 4.47 Å². The molecule has 0 aliphatic carbocycles. The second kappa shape index (κ2) is 6.33. The first-order valence-electron chi connectivity index (χ1n) is 7.36. The summed E-state index contributed by atoms with van der Waals surface area (Å²) in [5.41, 5.74) is 9.37. The molecule has 0 aromatic heterocycles. The largest absolute Gasteiger partial charge is 0.309 e. The molecule has 0 saturated heterocycles. The zero-order valence-electron chi connectivity index (χ0n) is 13.8. The molecular weight excluding hydrogens is 322 g/mol. The van der Waals surface area contributed by atoms with Crippen LogP contribution in [0.2, 0.25) is 0 Å². The first-order valence-corrected chi connectivity index (χ1v) is 8.16. The van der Waals surface area contributed by atoms with E-state index in [4.69, 9.17) is 0 Å². The Hall–Kier alpha value is -1.12. The van der Waals surface area contributed by atoms with Gasteiger partial charge in [0.2, 0.25) is 0 Å². The predicted molar refractivity (Wildman–Crippen MR) is 95.2 cm³/mol. The number of nitrogens with one attached hydrogen (secondary N) is 1. The molecule has 1 nitrogen and oxygen atoms in total. The van der Waals surface area contributed by atoms with E-state index in [-0.39, 0.29) is 6.04 Å². The van der Waals surface area contributed by atoms with Gasteiger partial charge in [-0.1, -0.05) is 39.7 Å². The van der Waals surface area contributed by atoms with Gasteiger partial charge in [0.05, 0.1) is 6.04 Å². The summed E-state index contributed by atoms with van der Waals surface area (Å²) in [4.78, 5) is 0. The van der Waals surface area contributed by atoms with E-state index in [0.29, 0.717) is 0 Å². The molecule has 0 saturated carbocycles. The molecule has 0 amide bonds. The van der Waals surface area contributed by atoms with Crippen LogP contribution >= 0.6 is 15.9 Å². The molecule has 0 aliphatic rings. The van der Waals surface area contributed by atoms with Crippen LogP contribution in [-0.4, -0.2) is 7.05 Å². The third kappa shape index (κ3) is 3.22. The molecule has 2 heteroatoms. The Kier molecular flexibility index (Phi) is 4.90. The van der Waals surface area contributed by atoms with Crippen molar-refractivity contribution in [1.82, 2.24) is 5.32 Å². The van der Waals surface area contributed by atoms with Gasteiger partial charge in [-0.15, -0.1) is 0 Å². The minimum Gasteiger partial charge on any atom is -0.309 e. The Balaban J connectivity index is 2.63. The first kappa shape index (κ1) is 16.3. The monoisotopic (exact) mass is 345 g/mol. The lowest BCUT2D eigenvalue weighted by atomic mass is 9.87. The maximum atomic E-state index is 3.63. The second-order valence-corrected chi connectivity index (χ2v) is 6.85. The zero-order valence-corrected chi connectivity index (χ0v) is 15.4. The summed E-state index contributed by atoms with van der Waals surface area (Å²) in [6, 6.07) is 9.28. The van der Waals surface area contributed by atoms with Crippen LogP contribution in [0, 0.1) is 34.6 Å². The Morgan fingerprint density at radius 1 is 0.810 bits per heavy atom. The van der Waals surface area contributed by atoms with Crippen molar-refractivity contribution in [2.45, 2.75) is 40.7 Å². The summed E-state index contributed by atoms with van der Waals surface area (Å²) in [5.74, 6) is 0. The van der Waals surface area contributed by atoms with E-state index in [0.717, 1.165) is 0 Å². The van der Waals surface area contributed by atoms with Crippen molar-refractivity contribution in [2.75, 3.05) is 7.05 Å². The lowest BCUT2D eigenvalue weighted by molar-refractivity contribution is 0.678. The SMILES string of the molecule is CNC(c1cc(C)c(Br)cc1C)c1c(C)cc(C)cc1C. The summed E-state index contributed by atoms with van der Waals surface area (Å²) >= 11 is 3.63. The number of halogens is 1. The van der Waals surface area contributed by atoms with Gasteiger partial charge in [-0.05, 0) is 81.1 Å². The van der Waals surface area contributed by atoms with Crippen molar-refractivity contribution in [3.05, 3.63) is 67.7 Å². The van der Waals surface area contributed by atoms with E-state index in [1.807, 2.05) is 7.05 Å². The fourth-order valence-corrected chi connectivity index (χ4v) is 3.67. The maximum Gasteiger partial charge on any atom is 0.0582 e. The zero-order chi connectivity index (χ0) is 15.7. The quantitative estimate of drug-likeness (QED) is 0.795. The van der Waals surface area contributed by atoms with Gasteiger partial charge in [-0.2, -0.15) is 0 Å². The Labute approximate surface area is 136 Å². The Morgan fingerprint density at radius 2 is 1.38 bits per heavy atom. The smallest absolute Gasteiger partial charge is 0.0582 e. The van der Waals surface area contributed by atoms with E-state index >= 15 is 0 Å². The molecule has 0 spiro atoms. The van der Waals surface area contributed by atoms with Crippen molar-refractivity contribution in [1.29, 1.82) is 0 Å². The maximum absolute atomic E-state index is 3.63. The lowest BCUT2D eigenvalue weighted by Crippen LogP contribution is -2.21. The lowest BCUT2D eigenvalue weighted by Gasteiger charge is -2.24. The molecule has 0 bridgehead atoms. The van der Waals surface area contributed by atoms with Crippen LogP contribution in [0.5, 0.6) is 0 Å². The Morgan fingerprint density at radius 3 is 1.90 bits per heavy atom. The van der Waals surface area contributed by atoms with Crippen LogP contribution in [0.15, 0.2) is 28.7 Å². The standard InChI is InChI=1S/C19H24BrN/c1-11-7-14(4)18(15(5)8-11)19(21-6)16-9-13(3)17(20)10-12(16)2/h7-10,19,21H,1-6H3. The van der Waals surface area contributed by atoms with Crippen molar-refractivity contribution in [2.24, 2.45) is 0 Å². The van der Waals surface area contributed by atoms with Crippen LogP contribution in [-0.2, 0) is 0 Å². The van der Waals surface area contributed by atoms with E-state index in [2.05, 4.69) is 80.1 Å². The summed E-state index contributed by atoms with van der Waals surface area (Å²) in [5, 5.41) is 3.51. The molecule has 0 fully saturated rings. The Bertz CT molecular complexity index is 651. The van der Waals surface area contributed by atoms with Gasteiger partial charge in [0.25, 0.3) is 0 Å². The molecule has 1 atom stereocenters. The minimum atomic E-state index is 0.234. The van der Waals surface area contributed by atoms with Crippen LogP contribution < -0.4 is 5.32 Å². The average molecular weight is 346 g/mol. The van der Waals surface area contributed by atoms with Gasteiger partial charge in [-0.3, -0.25) is 0 Å². The number of aryl methyl sites for hydroxylation is 5. The number of rotatable bonds is 3. The molecule has 2 aromatic rings. The third-order valence-corrected chi connectivity index (χ3v) is 5.03. The highest BCUT2D eigenvalue weighted by molar-refractivity contribution is 9.10. The molecule has 0 heterocycles. The minimum absolute atomic E-state index is 0.234. The van der Waals surface area contributed by atoms with E-state index in [1.54, 1.807) is 0 Å². The molecule has 0 aliphatic heterocycles. The van der Waals surface area contributed by atoms with Gasteiger partial charge in [-0.25, -0.2) is 0 Å². The third-order valence-electron chi connectivity index (χ3n) is 4.17. The summed E-state index contributed by atoms with van der Waals surface area (Å²) in [6.07, 6.45) is 0. The van der Waals surface area contributed by atoms with Gasteiger partial charge >= 0.3 is 0 Å². The normalized spacial score (nSPS) is 12.5. The fraction of sp³-hybridized carbons (Fsp3) is 0.368. The summed E-state index contributed by atoms with van der Waals surface area (Å²) < 4.78 is 1.18. The molecule has 2 rings (SSSR count). The summed E-state index contributed by atoms with van der Waals surface area (Å²) in [6.45, 7) is 10.9. The molecular formula is C19H24BrN. The van der Waals surface area contributed by atoms with Gasteiger partial charge in [0.15, 0.2) is 0 Å². The highest BCUT2D eigenvalue weighted by atomic mass is 79.9. The van der Waals surface area contributed by atoms with Gasteiger partial charge < -0.3 is 5.32 Å². The molecule has 112 valence electrons. The van der Waals surface area contributed by atoms with E-state index in [1.165, 1.54) is 43.4 Å². The molecule has 21 heavy (non-hydrogen) atoms. The van der Waals surface area contributed by atoms with E-state index < -0.39 is 0 Å². The average Bonchev–Trinajstić information content (AvgIpc) is 2.38. The number of hydrogen-bond donors (Lipinski definition) is 1. The van der Waals surface area contributed by atoms with Crippen molar-refractivity contribution in [3.8, 4) is 0 Å². The summed E-state index contributed by atoms with van der Waals surface area (Å²) in [7, 11) is 2.04.